The van der Waals surface area contributed by atoms with E-state index < -0.39 is 17.7 Å². The number of rotatable bonds is 6. The van der Waals surface area contributed by atoms with E-state index in [0.29, 0.717) is 24.4 Å². The number of methoxy groups -OCH3 is 1. The molecule has 1 aliphatic rings. The van der Waals surface area contributed by atoms with E-state index in [9.17, 15) is 18.0 Å². The van der Waals surface area contributed by atoms with Crippen molar-refractivity contribution in [2.45, 2.75) is 17.5 Å². The summed E-state index contributed by atoms with van der Waals surface area (Å²) in [7, 11) is 1.51. The van der Waals surface area contributed by atoms with Gasteiger partial charge in [-0.1, -0.05) is 0 Å². The minimum Gasteiger partial charge on any atom is -0.496 e. The minimum absolute atomic E-state index is 0.112. The Kier molecular flexibility index (Phi) is 6.59. The Morgan fingerprint density at radius 2 is 1.76 bits per heavy atom. The van der Waals surface area contributed by atoms with Crippen LogP contribution in [-0.4, -0.2) is 48.7 Å². The van der Waals surface area contributed by atoms with E-state index in [0.717, 1.165) is 35.8 Å². The Morgan fingerprint density at radius 3 is 2.31 bits per heavy atom. The Hall–Kier alpha value is -2.39. The van der Waals surface area contributed by atoms with Crippen LogP contribution in [-0.2, 0) is 17.4 Å². The van der Waals surface area contributed by atoms with Crippen LogP contribution in [0.15, 0.2) is 47.4 Å². The van der Waals surface area contributed by atoms with Gasteiger partial charge in [0.1, 0.15) is 5.75 Å². The monoisotopic (exact) mass is 426 g/mol. The topological polar surface area (TPSA) is 53.0 Å². The smallest absolute Gasteiger partial charge is 0.416 e. The maximum absolute atomic E-state index is 12.7. The lowest BCUT2D eigenvalue weighted by atomic mass is 10.1. The molecule has 0 saturated carbocycles. The number of hydrogen-bond donors (Lipinski definition) is 1. The molecule has 0 bridgehead atoms. The van der Waals surface area contributed by atoms with Gasteiger partial charge in [0.05, 0.1) is 19.1 Å². The second-order valence-electron chi connectivity index (χ2n) is 6.60. The van der Waals surface area contributed by atoms with Gasteiger partial charge in [-0.3, -0.25) is 4.79 Å². The van der Waals surface area contributed by atoms with E-state index in [2.05, 4.69) is 9.21 Å². The van der Waals surface area contributed by atoms with Gasteiger partial charge >= 0.3 is 12.1 Å². The predicted octanol–water partition coefficient (Wildman–Crippen LogP) is 4.17. The first-order chi connectivity index (χ1) is 13.8. The molecule has 0 unspecified atom stereocenters. The highest BCUT2D eigenvalue weighted by Crippen LogP contribution is 2.32. The number of carbonyl (C=O) groups is 1. The van der Waals surface area contributed by atoms with Crippen molar-refractivity contribution in [1.29, 1.82) is 0 Å². The molecule has 3 rings (SSSR count). The van der Waals surface area contributed by atoms with Crippen molar-refractivity contribution in [3.8, 4) is 5.75 Å². The molecule has 0 atom stereocenters. The first kappa shape index (κ1) is 21.3. The number of hydrogen-bond acceptors (Lipinski definition) is 5. The van der Waals surface area contributed by atoms with Crippen LogP contribution >= 0.6 is 11.9 Å². The van der Waals surface area contributed by atoms with Crippen molar-refractivity contribution in [2.75, 3.05) is 38.2 Å². The van der Waals surface area contributed by atoms with E-state index in [1.54, 1.807) is 6.07 Å². The fourth-order valence-corrected chi connectivity index (χ4v) is 4.13. The molecule has 9 heteroatoms. The zero-order valence-corrected chi connectivity index (χ0v) is 16.6. The van der Waals surface area contributed by atoms with Gasteiger partial charge in [0.25, 0.3) is 0 Å². The van der Waals surface area contributed by atoms with Gasteiger partial charge in [0, 0.05) is 42.3 Å². The highest BCUT2D eigenvalue weighted by molar-refractivity contribution is 7.97. The van der Waals surface area contributed by atoms with Crippen LogP contribution in [0.1, 0.15) is 11.1 Å². The van der Waals surface area contributed by atoms with Crippen molar-refractivity contribution in [3.63, 3.8) is 0 Å². The van der Waals surface area contributed by atoms with Crippen LogP contribution in [0.5, 0.6) is 5.75 Å². The molecule has 5 nitrogen and oxygen atoms in total. The first-order valence-electron chi connectivity index (χ1n) is 9.00. The van der Waals surface area contributed by atoms with Gasteiger partial charge in [-0.25, -0.2) is 4.31 Å². The summed E-state index contributed by atoms with van der Waals surface area (Å²) in [6, 6.07) is 10.7. The highest BCUT2D eigenvalue weighted by atomic mass is 32.2. The quantitative estimate of drug-likeness (QED) is 0.700. The molecule has 156 valence electrons. The highest BCUT2D eigenvalue weighted by Gasteiger charge is 2.30. The summed E-state index contributed by atoms with van der Waals surface area (Å²) in [6.07, 6.45) is -4.44. The number of ether oxygens (including phenoxy) is 1. The van der Waals surface area contributed by atoms with Crippen molar-refractivity contribution < 1.29 is 27.8 Å². The Morgan fingerprint density at radius 1 is 1.10 bits per heavy atom. The number of nitrogens with zero attached hydrogens (tertiary/aromatic N) is 2. The molecule has 0 aromatic heterocycles. The number of benzene rings is 2. The first-order valence-corrected chi connectivity index (χ1v) is 9.77. The zero-order chi connectivity index (χ0) is 21.0. The standard InChI is InChI=1S/C20H21F3N2O3S/c1-28-18-7-6-17(12-14(18)13-19(26)27)29-25-10-8-24(9-11-25)16-4-2-15(3-5-16)20(21,22)23/h2-7,12H,8-11,13H2,1H3,(H,26,27). The number of carboxylic acids is 1. The number of aliphatic carboxylic acids is 1. The lowest BCUT2D eigenvalue weighted by Crippen LogP contribution is -2.43. The third kappa shape index (κ3) is 5.57. The van der Waals surface area contributed by atoms with Gasteiger partial charge in [-0.05, 0) is 54.4 Å². The SMILES string of the molecule is COc1ccc(SN2CCN(c3ccc(C(F)(F)F)cc3)CC2)cc1CC(=O)O. The lowest BCUT2D eigenvalue weighted by molar-refractivity contribution is -0.138. The molecule has 0 aliphatic carbocycles. The molecule has 1 saturated heterocycles. The van der Waals surface area contributed by atoms with Crippen molar-refractivity contribution >= 4 is 23.6 Å². The van der Waals surface area contributed by atoms with E-state index in [1.807, 2.05) is 12.1 Å². The van der Waals surface area contributed by atoms with E-state index >= 15 is 0 Å². The van der Waals surface area contributed by atoms with Gasteiger partial charge in [0.15, 0.2) is 0 Å². The second-order valence-corrected chi connectivity index (χ2v) is 7.77. The van der Waals surface area contributed by atoms with Gasteiger partial charge in [0.2, 0.25) is 0 Å². The summed E-state index contributed by atoms with van der Waals surface area (Å²) >= 11 is 1.54. The average molecular weight is 426 g/mol. The van der Waals surface area contributed by atoms with Crippen LogP contribution < -0.4 is 9.64 Å². The van der Waals surface area contributed by atoms with Crippen LogP contribution in [0.2, 0.25) is 0 Å². The Bertz CT molecular complexity index is 851. The molecule has 2 aromatic carbocycles. The summed E-state index contributed by atoms with van der Waals surface area (Å²) in [5.41, 5.74) is 0.747. The molecule has 1 aliphatic heterocycles. The molecular weight excluding hydrogens is 405 g/mol. The Balaban J connectivity index is 1.59. The fourth-order valence-electron chi connectivity index (χ4n) is 3.16. The molecule has 2 aromatic rings. The zero-order valence-electron chi connectivity index (χ0n) is 15.8. The van der Waals surface area contributed by atoms with E-state index in [1.165, 1.54) is 31.2 Å². The van der Waals surface area contributed by atoms with Crippen LogP contribution in [0, 0.1) is 0 Å². The van der Waals surface area contributed by atoms with Crippen LogP contribution in [0.25, 0.3) is 0 Å². The predicted molar refractivity (Wildman–Crippen MR) is 105 cm³/mol. The third-order valence-electron chi connectivity index (χ3n) is 4.63. The fraction of sp³-hybridized carbons (Fsp3) is 0.350. The van der Waals surface area contributed by atoms with Gasteiger partial charge < -0.3 is 14.7 Å². The summed E-state index contributed by atoms with van der Waals surface area (Å²) < 4.78 is 45.5. The van der Waals surface area contributed by atoms with E-state index in [-0.39, 0.29) is 6.42 Å². The van der Waals surface area contributed by atoms with Gasteiger partial charge in [-0.15, -0.1) is 0 Å². The van der Waals surface area contributed by atoms with E-state index in [4.69, 9.17) is 9.84 Å². The molecule has 1 N–H and O–H groups in total. The molecule has 29 heavy (non-hydrogen) atoms. The van der Waals surface area contributed by atoms with Crippen LogP contribution in [0.4, 0.5) is 18.9 Å². The number of anilines is 1. The van der Waals surface area contributed by atoms with Gasteiger partial charge in [-0.2, -0.15) is 13.2 Å². The van der Waals surface area contributed by atoms with Crippen molar-refractivity contribution in [2.24, 2.45) is 0 Å². The number of piperazine rings is 1. The molecule has 0 spiro atoms. The summed E-state index contributed by atoms with van der Waals surface area (Å²) in [5.74, 6) is -0.375. The maximum atomic E-state index is 12.7. The minimum atomic E-state index is -4.33. The summed E-state index contributed by atoms with van der Waals surface area (Å²) in [4.78, 5) is 14.0. The molecule has 0 radical (unpaired) electrons. The second kappa shape index (κ2) is 8.96. The number of alkyl halides is 3. The average Bonchev–Trinajstić information content (AvgIpc) is 2.68. The van der Waals surface area contributed by atoms with Crippen molar-refractivity contribution in [3.05, 3.63) is 53.6 Å². The lowest BCUT2D eigenvalue weighted by Gasteiger charge is -2.35. The Labute approximate surface area is 171 Å². The molecule has 0 amide bonds. The maximum Gasteiger partial charge on any atom is 0.416 e. The number of carboxylic acid groups (broad SMARTS) is 1. The molecular formula is C20H21F3N2O3S. The van der Waals surface area contributed by atoms with Crippen molar-refractivity contribution in [1.82, 2.24) is 4.31 Å². The summed E-state index contributed by atoms with van der Waals surface area (Å²) in [6.45, 7) is 2.84. The third-order valence-corrected chi connectivity index (χ3v) is 5.71. The number of halogens is 3. The summed E-state index contributed by atoms with van der Waals surface area (Å²) in [5, 5.41) is 9.06. The largest absolute Gasteiger partial charge is 0.496 e. The molecule has 1 fully saturated rings. The normalized spacial score (nSPS) is 15.4. The van der Waals surface area contributed by atoms with Crippen LogP contribution in [0.3, 0.4) is 0 Å². The molecule has 1 heterocycles.